The molecule has 0 aliphatic heterocycles. The average molecular weight is 223 g/mol. The van der Waals surface area contributed by atoms with Crippen molar-refractivity contribution in [2.75, 3.05) is 7.11 Å². The molecule has 1 rings (SSSR count). The van der Waals surface area contributed by atoms with Crippen LogP contribution in [0, 0.1) is 5.92 Å². The van der Waals surface area contributed by atoms with E-state index in [-0.39, 0.29) is 17.9 Å². The quantitative estimate of drug-likeness (QED) is 0.747. The van der Waals surface area contributed by atoms with Gasteiger partial charge >= 0.3 is 5.97 Å². The van der Waals surface area contributed by atoms with Crippen molar-refractivity contribution in [1.82, 2.24) is 15.3 Å². The van der Waals surface area contributed by atoms with E-state index in [4.69, 9.17) is 4.74 Å². The Morgan fingerprint density at radius 3 is 2.81 bits per heavy atom. The van der Waals surface area contributed by atoms with Crippen LogP contribution < -0.4 is 5.32 Å². The average Bonchev–Trinajstić information content (AvgIpc) is 2.30. The van der Waals surface area contributed by atoms with E-state index in [1.165, 1.54) is 13.4 Å². The molecule has 16 heavy (non-hydrogen) atoms. The Hall–Kier alpha value is -1.49. The molecule has 0 saturated heterocycles. The lowest BCUT2D eigenvalue weighted by atomic mass is 10.0. The van der Waals surface area contributed by atoms with Crippen LogP contribution in [0.15, 0.2) is 18.6 Å². The van der Waals surface area contributed by atoms with E-state index in [1.54, 1.807) is 6.20 Å². The van der Waals surface area contributed by atoms with Gasteiger partial charge in [0.15, 0.2) is 0 Å². The van der Waals surface area contributed by atoms with Gasteiger partial charge in [-0.3, -0.25) is 10.1 Å². The van der Waals surface area contributed by atoms with Crippen molar-refractivity contribution in [2.24, 2.45) is 5.92 Å². The summed E-state index contributed by atoms with van der Waals surface area (Å²) in [6, 6.07) is 1.50. The number of carbonyl (C=O) groups excluding carboxylic acids is 1. The van der Waals surface area contributed by atoms with Crippen molar-refractivity contribution in [2.45, 2.75) is 26.4 Å². The maximum atomic E-state index is 11.5. The first-order chi connectivity index (χ1) is 7.65. The Kier molecular flexibility index (Phi) is 4.85. The monoisotopic (exact) mass is 223 g/mol. The van der Waals surface area contributed by atoms with E-state index in [0.29, 0.717) is 6.54 Å². The van der Waals surface area contributed by atoms with Crippen LogP contribution in [0.1, 0.15) is 19.5 Å². The zero-order valence-electron chi connectivity index (χ0n) is 9.80. The smallest absolute Gasteiger partial charge is 0.323 e. The Labute approximate surface area is 95.3 Å². The minimum absolute atomic E-state index is 0.175. The highest BCUT2D eigenvalue weighted by Gasteiger charge is 2.22. The summed E-state index contributed by atoms with van der Waals surface area (Å²) in [6.45, 7) is 4.46. The minimum Gasteiger partial charge on any atom is -0.468 e. The molecule has 1 N–H and O–H groups in total. The number of nitrogens with zero attached hydrogens (tertiary/aromatic N) is 2. The van der Waals surface area contributed by atoms with Crippen molar-refractivity contribution in [1.29, 1.82) is 0 Å². The van der Waals surface area contributed by atoms with Gasteiger partial charge in [0, 0.05) is 12.7 Å². The van der Waals surface area contributed by atoms with Gasteiger partial charge in [0.1, 0.15) is 12.4 Å². The topological polar surface area (TPSA) is 64.1 Å². The van der Waals surface area contributed by atoms with Crippen molar-refractivity contribution in [3.8, 4) is 0 Å². The molecule has 5 heteroatoms. The number of hydrogen-bond acceptors (Lipinski definition) is 5. The lowest BCUT2D eigenvalue weighted by Gasteiger charge is -2.19. The second-order valence-electron chi connectivity index (χ2n) is 3.83. The van der Waals surface area contributed by atoms with Crippen molar-refractivity contribution < 1.29 is 9.53 Å². The van der Waals surface area contributed by atoms with Crippen LogP contribution in [0.25, 0.3) is 0 Å². The zero-order valence-corrected chi connectivity index (χ0v) is 9.80. The molecule has 0 aromatic carbocycles. The van der Waals surface area contributed by atoms with E-state index in [9.17, 15) is 4.79 Å². The van der Waals surface area contributed by atoms with Gasteiger partial charge in [0.2, 0.25) is 0 Å². The zero-order chi connectivity index (χ0) is 12.0. The third-order valence-electron chi connectivity index (χ3n) is 2.27. The molecule has 1 unspecified atom stereocenters. The van der Waals surface area contributed by atoms with Gasteiger partial charge in [-0.15, -0.1) is 0 Å². The Morgan fingerprint density at radius 1 is 1.56 bits per heavy atom. The summed E-state index contributed by atoms with van der Waals surface area (Å²) in [5.41, 5.74) is 0.851. The summed E-state index contributed by atoms with van der Waals surface area (Å²) in [5.74, 6) is -0.0710. The SMILES string of the molecule is COC(=O)C(NCc1ccncn1)C(C)C. The molecule has 0 bridgehead atoms. The summed E-state index contributed by atoms with van der Waals surface area (Å²) in [7, 11) is 1.39. The maximum Gasteiger partial charge on any atom is 0.323 e. The largest absolute Gasteiger partial charge is 0.468 e. The van der Waals surface area contributed by atoms with E-state index < -0.39 is 0 Å². The molecule has 0 aliphatic rings. The molecule has 0 radical (unpaired) electrons. The fourth-order valence-corrected chi connectivity index (χ4v) is 1.36. The van der Waals surface area contributed by atoms with Gasteiger partial charge in [-0.1, -0.05) is 13.8 Å². The van der Waals surface area contributed by atoms with Crippen LogP contribution in [0.2, 0.25) is 0 Å². The number of carbonyl (C=O) groups is 1. The first kappa shape index (κ1) is 12.6. The number of hydrogen-bond donors (Lipinski definition) is 1. The normalized spacial score (nSPS) is 12.5. The molecule has 1 aromatic heterocycles. The van der Waals surface area contributed by atoms with Gasteiger partial charge in [0.05, 0.1) is 12.8 Å². The molecule has 88 valence electrons. The van der Waals surface area contributed by atoms with Gasteiger partial charge in [-0.2, -0.15) is 0 Å². The van der Waals surface area contributed by atoms with Crippen LogP contribution in [0.4, 0.5) is 0 Å². The van der Waals surface area contributed by atoms with Gasteiger partial charge in [0.25, 0.3) is 0 Å². The molecule has 0 spiro atoms. The summed E-state index contributed by atoms with van der Waals surface area (Å²) in [6.07, 6.45) is 3.16. The Morgan fingerprint density at radius 2 is 2.31 bits per heavy atom. The second-order valence-corrected chi connectivity index (χ2v) is 3.83. The highest BCUT2D eigenvalue weighted by Crippen LogP contribution is 2.04. The lowest BCUT2D eigenvalue weighted by Crippen LogP contribution is -2.41. The number of ether oxygens (including phenoxy) is 1. The summed E-state index contributed by atoms with van der Waals surface area (Å²) < 4.78 is 4.73. The van der Waals surface area contributed by atoms with E-state index in [0.717, 1.165) is 5.69 Å². The molecule has 0 aliphatic carbocycles. The third-order valence-corrected chi connectivity index (χ3v) is 2.27. The van der Waals surface area contributed by atoms with Crippen molar-refractivity contribution in [3.63, 3.8) is 0 Å². The molecule has 1 aromatic rings. The fourth-order valence-electron chi connectivity index (χ4n) is 1.36. The maximum absolute atomic E-state index is 11.5. The van der Waals surface area contributed by atoms with Gasteiger partial charge < -0.3 is 4.74 Å². The molecular formula is C11H17N3O2. The predicted octanol–water partition coefficient (Wildman–Crippen LogP) is 0.764. The van der Waals surface area contributed by atoms with Crippen LogP contribution >= 0.6 is 0 Å². The first-order valence-corrected chi connectivity index (χ1v) is 5.21. The summed E-state index contributed by atoms with van der Waals surface area (Å²) >= 11 is 0. The van der Waals surface area contributed by atoms with Crippen LogP contribution in [-0.4, -0.2) is 29.1 Å². The highest BCUT2D eigenvalue weighted by atomic mass is 16.5. The molecule has 0 amide bonds. The van der Waals surface area contributed by atoms with E-state index in [2.05, 4.69) is 15.3 Å². The molecule has 0 saturated carbocycles. The Bertz CT molecular complexity index is 327. The van der Waals surface area contributed by atoms with E-state index >= 15 is 0 Å². The molecule has 5 nitrogen and oxygen atoms in total. The number of nitrogens with one attached hydrogen (secondary N) is 1. The first-order valence-electron chi connectivity index (χ1n) is 5.21. The van der Waals surface area contributed by atoms with Gasteiger partial charge in [-0.05, 0) is 12.0 Å². The number of methoxy groups -OCH3 is 1. The van der Waals surface area contributed by atoms with Crippen LogP contribution in [0.3, 0.4) is 0 Å². The summed E-state index contributed by atoms with van der Waals surface area (Å²) in [5, 5.41) is 3.12. The van der Waals surface area contributed by atoms with Crippen molar-refractivity contribution >= 4 is 5.97 Å². The fraction of sp³-hybridized carbons (Fsp3) is 0.545. The van der Waals surface area contributed by atoms with Crippen LogP contribution in [-0.2, 0) is 16.1 Å². The molecular weight excluding hydrogens is 206 g/mol. The second kappa shape index (κ2) is 6.17. The van der Waals surface area contributed by atoms with Gasteiger partial charge in [-0.25, -0.2) is 9.97 Å². The van der Waals surface area contributed by atoms with E-state index in [1.807, 2.05) is 19.9 Å². The number of rotatable bonds is 5. The summed E-state index contributed by atoms with van der Waals surface area (Å²) in [4.78, 5) is 19.4. The molecule has 1 heterocycles. The van der Waals surface area contributed by atoms with Crippen molar-refractivity contribution in [3.05, 3.63) is 24.3 Å². The predicted molar refractivity (Wildman–Crippen MR) is 59.5 cm³/mol. The third kappa shape index (κ3) is 3.58. The standard InChI is InChI=1S/C11H17N3O2/c1-8(2)10(11(15)16-3)13-6-9-4-5-12-7-14-9/h4-5,7-8,10,13H,6H2,1-3H3. The van der Waals surface area contributed by atoms with Crippen LogP contribution in [0.5, 0.6) is 0 Å². The molecule has 1 atom stereocenters. The minimum atomic E-state index is -0.306. The Balaban J connectivity index is 2.54. The lowest BCUT2D eigenvalue weighted by molar-refractivity contribution is -0.144. The number of esters is 1. The number of aromatic nitrogens is 2. The molecule has 0 fully saturated rings. The highest BCUT2D eigenvalue weighted by molar-refractivity contribution is 5.75.